The van der Waals surface area contributed by atoms with Gasteiger partial charge in [0.25, 0.3) is 11.8 Å². The molecule has 1 unspecified atom stereocenters. The normalized spacial score (nSPS) is 17.7. The van der Waals surface area contributed by atoms with Gasteiger partial charge in [0.1, 0.15) is 6.26 Å². The minimum absolute atomic E-state index is 0.0223. The van der Waals surface area contributed by atoms with Crippen LogP contribution in [-0.2, 0) is 4.74 Å². The molecule has 10 nitrogen and oxygen atoms in total. The first-order valence-electron chi connectivity index (χ1n) is 10.1. The van der Waals surface area contributed by atoms with E-state index in [0.29, 0.717) is 18.1 Å². The van der Waals surface area contributed by atoms with Gasteiger partial charge in [-0.05, 0) is 32.4 Å². The lowest BCUT2D eigenvalue weighted by Crippen LogP contribution is -2.19. The van der Waals surface area contributed by atoms with Gasteiger partial charge in [-0.15, -0.1) is 0 Å². The summed E-state index contributed by atoms with van der Waals surface area (Å²) in [6.07, 6.45) is 5.17. The van der Waals surface area contributed by atoms with Crippen molar-refractivity contribution in [2.24, 2.45) is 5.73 Å². The first-order valence-corrected chi connectivity index (χ1v) is 10.1. The van der Waals surface area contributed by atoms with Crippen LogP contribution in [0.15, 0.2) is 35.2 Å². The molecule has 0 aromatic carbocycles. The Morgan fingerprint density at radius 2 is 2.10 bits per heavy atom. The van der Waals surface area contributed by atoms with Gasteiger partial charge in [-0.2, -0.15) is 5.10 Å². The summed E-state index contributed by atoms with van der Waals surface area (Å²) in [5.41, 5.74) is 7.20. The number of anilines is 1. The topological polar surface area (TPSA) is 138 Å². The number of primary amides is 1. The molecule has 0 spiro atoms. The molecule has 4 heterocycles. The lowest BCUT2D eigenvalue weighted by Gasteiger charge is -2.13. The maximum Gasteiger partial charge on any atom is 0.277 e. The monoisotopic (exact) mass is 426 g/mol. The van der Waals surface area contributed by atoms with Crippen molar-refractivity contribution >= 4 is 17.5 Å². The molecule has 1 aliphatic heterocycles. The van der Waals surface area contributed by atoms with Crippen LogP contribution in [0, 0.1) is 6.92 Å². The summed E-state index contributed by atoms with van der Waals surface area (Å²) in [5, 5.41) is 6.89. The number of hydrogen-bond acceptors (Lipinski definition) is 7. The van der Waals surface area contributed by atoms with Gasteiger partial charge in [0.05, 0.1) is 17.8 Å². The quantitative estimate of drug-likeness (QED) is 0.639. The van der Waals surface area contributed by atoms with Crippen LogP contribution in [-0.4, -0.2) is 44.3 Å². The van der Waals surface area contributed by atoms with E-state index in [-0.39, 0.29) is 29.2 Å². The minimum Gasteiger partial charge on any atom is -0.444 e. The number of nitrogens with two attached hydrogens (primary N) is 1. The van der Waals surface area contributed by atoms with Crippen molar-refractivity contribution in [2.45, 2.75) is 46.3 Å². The first kappa shape index (κ1) is 22.2. The molecule has 2 amide bonds. The number of nitrogens with one attached hydrogen (secondary N) is 1. The van der Waals surface area contributed by atoms with Crippen molar-refractivity contribution in [3.8, 4) is 11.5 Å². The zero-order valence-electron chi connectivity index (χ0n) is 18.0. The number of aromatic nitrogens is 4. The molecule has 0 aliphatic carbocycles. The summed E-state index contributed by atoms with van der Waals surface area (Å²) in [4.78, 5) is 32.8. The summed E-state index contributed by atoms with van der Waals surface area (Å²) in [6, 6.07) is 3.50. The Kier molecular flexibility index (Phi) is 6.81. The standard InChI is InChI=1S/C19H20N6O4.C2H6/c1-10-7-12(3-5-21-10)19-23-14(9-29-19)18(27)22-13-8-25(24-16(13)17(20)26)15-4-6-28-11(15)2;1-2/h3,5,7-9,11,15H,4,6H2,1-2H3,(H2,20,26)(H,22,27);1-2H3/t11?,15-;/m1./s1. The smallest absolute Gasteiger partial charge is 0.277 e. The van der Waals surface area contributed by atoms with Crippen molar-refractivity contribution in [3.63, 3.8) is 0 Å². The van der Waals surface area contributed by atoms with Crippen molar-refractivity contribution < 1.29 is 18.7 Å². The van der Waals surface area contributed by atoms with Crippen LogP contribution in [0.3, 0.4) is 0 Å². The predicted octanol–water partition coefficient (Wildman–Crippen LogP) is 2.97. The van der Waals surface area contributed by atoms with E-state index in [9.17, 15) is 9.59 Å². The van der Waals surface area contributed by atoms with Crippen LogP contribution >= 0.6 is 0 Å². The van der Waals surface area contributed by atoms with Crippen LogP contribution in [0.1, 0.15) is 59.9 Å². The van der Waals surface area contributed by atoms with Crippen LogP contribution < -0.4 is 11.1 Å². The van der Waals surface area contributed by atoms with Gasteiger partial charge < -0.3 is 20.2 Å². The van der Waals surface area contributed by atoms with E-state index in [1.807, 2.05) is 27.7 Å². The van der Waals surface area contributed by atoms with E-state index in [2.05, 4.69) is 20.4 Å². The highest BCUT2D eigenvalue weighted by molar-refractivity contribution is 6.07. The molecule has 3 aromatic heterocycles. The number of carbonyl (C=O) groups is 2. The highest BCUT2D eigenvalue weighted by Crippen LogP contribution is 2.28. The third-order valence-corrected chi connectivity index (χ3v) is 4.77. The van der Waals surface area contributed by atoms with Gasteiger partial charge >= 0.3 is 0 Å². The molecule has 0 bridgehead atoms. The maximum atomic E-state index is 12.6. The molecular formula is C21H26N6O4. The third-order valence-electron chi connectivity index (χ3n) is 4.77. The zero-order valence-corrected chi connectivity index (χ0v) is 18.0. The summed E-state index contributed by atoms with van der Waals surface area (Å²) in [7, 11) is 0. The lowest BCUT2D eigenvalue weighted by molar-refractivity contribution is 0.0984. The molecule has 3 N–H and O–H groups in total. The summed E-state index contributed by atoms with van der Waals surface area (Å²) >= 11 is 0. The second-order valence-electron chi connectivity index (χ2n) is 6.85. The number of nitrogens with zero attached hydrogens (tertiary/aromatic N) is 4. The van der Waals surface area contributed by atoms with Gasteiger partial charge in [-0.25, -0.2) is 4.98 Å². The molecule has 3 aromatic rings. The average molecular weight is 426 g/mol. The summed E-state index contributed by atoms with van der Waals surface area (Å²) in [5.74, 6) is -0.981. The third kappa shape index (κ3) is 4.80. The van der Waals surface area contributed by atoms with Crippen molar-refractivity contribution in [3.05, 3.63) is 47.9 Å². The van der Waals surface area contributed by atoms with Crippen molar-refractivity contribution in [1.29, 1.82) is 0 Å². The van der Waals surface area contributed by atoms with Gasteiger partial charge in [0.2, 0.25) is 5.89 Å². The molecule has 10 heteroatoms. The van der Waals surface area contributed by atoms with E-state index in [4.69, 9.17) is 14.9 Å². The number of rotatable bonds is 5. The second kappa shape index (κ2) is 9.52. The summed E-state index contributed by atoms with van der Waals surface area (Å²) < 4.78 is 12.6. The van der Waals surface area contributed by atoms with Crippen LogP contribution in [0.2, 0.25) is 0 Å². The van der Waals surface area contributed by atoms with E-state index >= 15 is 0 Å². The van der Waals surface area contributed by atoms with Gasteiger partial charge in [-0.3, -0.25) is 19.3 Å². The van der Waals surface area contributed by atoms with Gasteiger partial charge in [0.15, 0.2) is 11.4 Å². The van der Waals surface area contributed by atoms with Gasteiger partial charge in [0, 0.05) is 30.3 Å². The Balaban J connectivity index is 0.00000132. The van der Waals surface area contributed by atoms with E-state index in [0.717, 1.165) is 12.1 Å². The molecule has 164 valence electrons. The van der Waals surface area contributed by atoms with Crippen LogP contribution in [0.5, 0.6) is 0 Å². The Morgan fingerprint density at radius 3 is 2.74 bits per heavy atom. The molecular weight excluding hydrogens is 400 g/mol. The molecule has 4 rings (SSSR count). The number of aryl methyl sites for hydroxylation is 1. The SMILES string of the molecule is CC.Cc1cc(-c2nc(C(=O)Nc3cn([C@@H]4CCOC4C)nc3C(N)=O)co2)ccn1. The molecule has 0 saturated carbocycles. The molecule has 31 heavy (non-hydrogen) atoms. The molecule has 1 aliphatic rings. The zero-order chi connectivity index (χ0) is 22.5. The molecule has 1 saturated heterocycles. The van der Waals surface area contributed by atoms with Crippen molar-refractivity contribution in [2.75, 3.05) is 11.9 Å². The maximum absolute atomic E-state index is 12.6. The number of pyridine rings is 1. The Labute approximate surface area is 179 Å². The number of carbonyl (C=O) groups excluding carboxylic acids is 2. The van der Waals surface area contributed by atoms with E-state index in [1.54, 1.807) is 29.2 Å². The van der Waals surface area contributed by atoms with E-state index in [1.165, 1.54) is 6.26 Å². The Bertz CT molecular complexity index is 1070. The Morgan fingerprint density at radius 1 is 1.32 bits per heavy atom. The van der Waals surface area contributed by atoms with Gasteiger partial charge in [-0.1, -0.05) is 13.8 Å². The molecule has 1 fully saturated rings. The minimum atomic E-state index is -0.737. The van der Waals surface area contributed by atoms with Crippen LogP contribution in [0.4, 0.5) is 5.69 Å². The number of amides is 2. The fourth-order valence-corrected chi connectivity index (χ4v) is 3.28. The van der Waals surface area contributed by atoms with Crippen molar-refractivity contribution in [1.82, 2.24) is 19.7 Å². The van der Waals surface area contributed by atoms with Crippen LogP contribution in [0.25, 0.3) is 11.5 Å². The van der Waals surface area contributed by atoms with E-state index < -0.39 is 11.8 Å². The lowest BCUT2D eigenvalue weighted by atomic mass is 10.2. The number of ether oxygens (including phenoxy) is 1. The number of hydrogen-bond donors (Lipinski definition) is 2. The highest BCUT2D eigenvalue weighted by atomic mass is 16.5. The largest absolute Gasteiger partial charge is 0.444 e. The molecule has 2 atom stereocenters. The summed E-state index contributed by atoms with van der Waals surface area (Å²) in [6.45, 7) is 8.38. The Hall–Kier alpha value is -3.53. The fraction of sp³-hybridized carbons (Fsp3) is 0.381. The number of oxazole rings is 1. The second-order valence-corrected chi connectivity index (χ2v) is 6.85. The predicted molar refractivity (Wildman–Crippen MR) is 114 cm³/mol. The fourth-order valence-electron chi connectivity index (χ4n) is 3.28. The molecule has 0 radical (unpaired) electrons. The highest BCUT2D eigenvalue weighted by Gasteiger charge is 2.29. The average Bonchev–Trinajstić information content (AvgIpc) is 3.49. The first-order chi connectivity index (χ1) is 14.9.